The molecular weight excluding hydrogens is 469 g/mol. The van der Waals surface area contributed by atoms with Gasteiger partial charge in [0.25, 0.3) is 0 Å². The Morgan fingerprint density at radius 1 is 1.10 bits per heavy atom. The van der Waals surface area contributed by atoms with E-state index < -0.39 is 28.4 Å². The molecule has 0 atom stereocenters. The molecule has 0 amide bonds. The van der Waals surface area contributed by atoms with Gasteiger partial charge in [-0.2, -0.15) is 4.31 Å². The van der Waals surface area contributed by atoms with Crippen LogP contribution in [-0.4, -0.2) is 64.5 Å². The molecule has 166 valence electrons. The van der Waals surface area contributed by atoms with E-state index >= 15 is 0 Å². The molecule has 11 heteroatoms. The summed E-state index contributed by atoms with van der Waals surface area (Å²) in [5, 5.41) is -0.217. The molecule has 1 fully saturated rings. The van der Waals surface area contributed by atoms with E-state index in [0.717, 1.165) is 12.1 Å². The standard InChI is InChI=1S/C20H19Cl2NO7S/c1-28-14-4-2-3-13(9-14)18(24)12-30-20(25)15-10-19(17(22)11-16(15)21)31(26,27)23-5-7-29-8-6-23/h2-4,9-11H,5-8,12H2,1H3. The average molecular weight is 488 g/mol. The molecule has 0 radical (unpaired) electrons. The van der Waals surface area contributed by atoms with Crippen molar-refractivity contribution in [2.45, 2.75) is 4.90 Å². The quantitative estimate of drug-likeness (QED) is 0.436. The summed E-state index contributed by atoms with van der Waals surface area (Å²) >= 11 is 12.2. The highest BCUT2D eigenvalue weighted by Crippen LogP contribution is 2.31. The van der Waals surface area contributed by atoms with Crippen LogP contribution in [0, 0.1) is 0 Å². The third-order valence-corrected chi connectivity index (χ3v) is 7.23. The zero-order valence-electron chi connectivity index (χ0n) is 16.5. The van der Waals surface area contributed by atoms with E-state index in [2.05, 4.69) is 0 Å². The molecule has 1 aliphatic heterocycles. The van der Waals surface area contributed by atoms with Crippen molar-refractivity contribution >= 4 is 45.0 Å². The number of nitrogens with zero attached hydrogens (tertiary/aromatic N) is 1. The van der Waals surface area contributed by atoms with Crippen LogP contribution in [0.1, 0.15) is 20.7 Å². The van der Waals surface area contributed by atoms with E-state index in [4.69, 9.17) is 37.4 Å². The zero-order chi connectivity index (χ0) is 22.6. The number of Topliss-reactive ketones (excluding diaryl/α,β-unsaturated/α-hetero) is 1. The smallest absolute Gasteiger partial charge is 0.340 e. The van der Waals surface area contributed by atoms with Gasteiger partial charge in [-0.1, -0.05) is 35.3 Å². The highest BCUT2D eigenvalue weighted by molar-refractivity contribution is 7.89. The molecule has 2 aromatic carbocycles. The summed E-state index contributed by atoms with van der Waals surface area (Å²) in [6, 6.07) is 8.60. The maximum absolute atomic E-state index is 12.9. The molecule has 0 unspecified atom stereocenters. The number of benzene rings is 2. The zero-order valence-corrected chi connectivity index (χ0v) is 18.8. The molecule has 0 aromatic heterocycles. The topological polar surface area (TPSA) is 99.2 Å². The minimum atomic E-state index is -3.97. The number of halogens is 2. The van der Waals surface area contributed by atoms with Gasteiger partial charge in [-0.15, -0.1) is 0 Å². The fourth-order valence-electron chi connectivity index (χ4n) is 2.90. The molecule has 1 aliphatic rings. The lowest BCUT2D eigenvalue weighted by molar-refractivity contribution is 0.0474. The van der Waals surface area contributed by atoms with Crippen LogP contribution in [0.4, 0.5) is 0 Å². The lowest BCUT2D eigenvalue weighted by Crippen LogP contribution is -2.40. The largest absolute Gasteiger partial charge is 0.497 e. The molecule has 0 N–H and O–H groups in total. The van der Waals surface area contributed by atoms with E-state index in [1.54, 1.807) is 18.2 Å². The predicted molar refractivity (Wildman–Crippen MR) is 114 cm³/mol. The van der Waals surface area contributed by atoms with Gasteiger partial charge in [0.1, 0.15) is 10.6 Å². The van der Waals surface area contributed by atoms with Crippen molar-refractivity contribution in [2.24, 2.45) is 0 Å². The normalized spacial score (nSPS) is 14.8. The van der Waals surface area contributed by atoms with Crippen molar-refractivity contribution in [3.63, 3.8) is 0 Å². The number of ketones is 1. The number of morpholine rings is 1. The number of rotatable bonds is 7. The van der Waals surface area contributed by atoms with Gasteiger partial charge >= 0.3 is 5.97 Å². The minimum absolute atomic E-state index is 0.0928. The lowest BCUT2D eigenvalue weighted by atomic mass is 10.1. The van der Waals surface area contributed by atoms with E-state index in [-0.39, 0.29) is 46.8 Å². The predicted octanol–water partition coefficient (Wildman–Crippen LogP) is 3.06. The van der Waals surface area contributed by atoms with E-state index in [9.17, 15) is 18.0 Å². The number of carbonyl (C=O) groups is 2. The molecule has 0 saturated carbocycles. The number of hydrogen-bond acceptors (Lipinski definition) is 7. The Kier molecular flexibility index (Phi) is 7.55. The van der Waals surface area contributed by atoms with Crippen molar-refractivity contribution in [3.8, 4) is 5.75 Å². The van der Waals surface area contributed by atoms with Gasteiger partial charge in [-0.05, 0) is 24.3 Å². The fourth-order valence-corrected chi connectivity index (χ4v) is 5.13. The number of hydrogen-bond donors (Lipinski definition) is 0. The lowest BCUT2D eigenvalue weighted by Gasteiger charge is -2.26. The minimum Gasteiger partial charge on any atom is -0.497 e. The fraction of sp³-hybridized carbons (Fsp3) is 0.300. The monoisotopic (exact) mass is 487 g/mol. The van der Waals surface area contributed by atoms with Crippen LogP contribution >= 0.6 is 23.2 Å². The molecule has 8 nitrogen and oxygen atoms in total. The number of esters is 1. The summed E-state index contributed by atoms with van der Waals surface area (Å²) in [4.78, 5) is 24.6. The SMILES string of the molecule is COc1cccc(C(=O)COC(=O)c2cc(S(=O)(=O)N3CCOCC3)c(Cl)cc2Cl)c1. The summed E-state index contributed by atoms with van der Waals surface area (Å²) in [5.41, 5.74) is 0.0845. The van der Waals surface area contributed by atoms with Crippen LogP contribution in [-0.2, 0) is 19.5 Å². The average Bonchev–Trinajstić information content (AvgIpc) is 2.77. The maximum Gasteiger partial charge on any atom is 0.340 e. The maximum atomic E-state index is 12.9. The summed E-state index contributed by atoms with van der Waals surface area (Å²) in [7, 11) is -2.51. The third kappa shape index (κ3) is 5.36. The first-order chi connectivity index (χ1) is 14.7. The molecule has 0 bridgehead atoms. The van der Waals surface area contributed by atoms with Crippen LogP contribution in [0.3, 0.4) is 0 Å². The Labute approximate surface area is 189 Å². The second-order valence-electron chi connectivity index (χ2n) is 6.51. The molecule has 2 aromatic rings. The van der Waals surface area contributed by atoms with Crippen LogP contribution in [0.5, 0.6) is 5.75 Å². The van der Waals surface area contributed by atoms with Crippen LogP contribution < -0.4 is 4.74 Å². The molecule has 0 aliphatic carbocycles. The van der Waals surface area contributed by atoms with E-state index in [1.165, 1.54) is 17.5 Å². The highest BCUT2D eigenvalue weighted by atomic mass is 35.5. The Morgan fingerprint density at radius 3 is 2.48 bits per heavy atom. The van der Waals surface area contributed by atoms with Crippen molar-refractivity contribution < 1.29 is 32.2 Å². The number of carbonyl (C=O) groups excluding carboxylic acids is 2. The second-order valence-corrected chi connectivity index (χ2v) is 9.23. The molecule has 1 saturated heterocycles. The first kappa shape index (κ1) is 23.5. The van der Waals surface area contributed by atoms with Gasteiger partial charge in [0, 0.05) is 18.7 Å². The van der Waals surface area contributed by atoms with Crippen LogP contribution in [0.15, 0.2) is 41.3 Å². The molecular formula is C20H19Cl2NO7S. The van der Waals surface area contributed by atoms with Crippen molar-refractivity contribution in [2.75, 3.05) is 40.0 Å². The molecule has 3 rings (SSSR count). The molecule has 1 heterocycles. The Hall–Kier alpha value is -2.17. The second kappa shape index (κ2) is 9.97. The molecule has 31 heavy (non-hydrogen) atoms. The molecule has 0 spiro atoms. The Bertz CT molecular complexity index is 1100. The highest BCUT2D eigenvalue weighted by Gasteiger charge is 2.30. The number of sulfonamides is 1. The van der Waals surface area contributed by atoms with E-state index in [1.807, 2.05) is 0 Å². The van der Waals surface area contributed by atoms with Gasteiger partial charge in [0.05, 0.1) is 35.9 Å². The van der Waals surface area contributed by atoms with Gasteiger partial charge in [-0.3, -0.25) is 4.79 Å². The van der Waals surface area contributed by atoms with Crippen molar-refractivity contribution in [1.82, 2.24) is 4.31 Å². The first-order valence-corrected chi connectivity index (χ1v) is 11.3. The Balaban J connectivity index is 1.79. The van der Waals surface area contributed by atoms with E-state index in [0.29, 0.717) is 11.3 Å². The summed E-state index contributed by atoms with van der Waals surface area (Å²) in [6.45, 7) is 0.278. The van der Waals surface area contributed by atoms with Gasteiger partial charge in [0.15, 0.2) is 12.4 Å². The van der Waals surface area contributed by atoms with Crippen molar-refractivity contribution in [3.05, 3.63) is 57.6 Å². The van der Waals surface area contributed by atoms with Gasteiger partial charge in [-0.25, -0.2) is 13.2 Å². The van der Waals surface area contributed by atoms with Gasteiger partial charge < -0.3 is 14.2 Å². The summed E-state index contributed by atoms with van der Waals surface area (Å²) < 4.78 is 42.4. The first-order valence-electron chi connectivity index (χ1n) is 9.15. The number of methoxy groups -OCH3 is 1. The summed E-state index contributed by atoms with van der Waals surface area (Å²) in [5.74, 6) is -0.925. The Morgan fingerprint density at radius 2 is 1.81 bits per heavy atom. The summed E-state index contributed by atoms with van der Waals surface area (Å²) in [6.07, 6.45) is 0. The number of ether oxygens (including phenoxy) is 3. The van der Waals surface area contributed by atoms with Crippen LogP contribution in [0.25, 0.3) is 0 Å². The van der Waals surface area contributed by atoms with Gasteiger partial charge in [0.2, 0.25) is 10.0 Å². The van der Waals surface area contributed by atoms with Crippen molar-refractivity contribution in [1.29, 1.82) is 0 Å². The third-order valence-electron chi connectivity index (χ3n) is 4.56. The van der Waals surface area contributed by atoms with Crippen LogP contribution in [0.2, 0.25) is 10.0 Å².